The van der Waals surface area contributed by atoms with Gasteiger partial charge in [-0.25, -0.2) is 4.98 Å². The van der Waals surface area contributed by atoms with Crippen LogP contribution in [0.4, 0.5) is 10.8 Å². The summed E-state index contributed by atoms with van der Waals surface area (Å²) in [5, 5.41) is 24.1. The maximum Gasteiger partial charge on any atom is 0.277 e. The number of thioether (sulfide) groups is 1. The standard InChI is InChI=1S/C22H19N5O5S2/c1-13-7-8-15(9-17(13)27(29)30)16-11-33-21(23-16)24-19(28)12-34-22-26-25-20(32-22)10-31-18-6-4-3-5-14(18)2/h3-9,11H,10,12H2,1-2H3,(H,23,24,28). The molecule has 0 spiro atoms. The van der Waals surface area contributed by atoms with E-state index in [0.29, 0.717) is 27.8 Å². The van der Waals surface area contributed by atoms with Crippen LogP contribution in [0.15, 0.2) is 57.5 Å². The van der Waals surface area contributed by atoms with E-state index in [1.54, 1.807) is 24.4 Å². The van der Waals surface area contributed by atoms with Crippen molar-refractivity contribution in [2.24, 2.45) is 0 Å². The Balaban J connectivity index is 1.29. The molecule has 2 aromatic heterocycles. The predicted octanol–water partition coefficient (Wildman–Crippen LogP) is 5.03. The molecule has 174 valence electrons. The fraction of sp³-hybridized carbons (Fsp3) is 0.182. The number of carbonyl (C=O) groups excluding carboxylic acids is 1. The summed E-state index contributed by atoms with van der Waals surface area (Å²) >= 11 is 2.33. The van der Waals surface area contributed by atoms with Crippen LogP contribution in [0.2, 0.25) is 0 Å². The van der Waals surface area contributed by atoms with E-state index in [0.717, 1.165) is 23.1 Å². The molecule has 2 heterocycles. The van der Waals surface area contributed by atoms with E-state index in [9.17, 15) is 14.9 Å². The molecule has 4 aromatic rings. The number of aryl methyl sites for hydroxylation is 2. The summed E-state index contributed by atoms with van der Waals surface area (Å²) in [6.45, 7) is 3.75. The van der Waals surface area contributed by atoms with Gasteiger partial charge in [-0.1, -0.05) is 42.1 Å². The molecule has 0 aliphatic rings. The minimum absolute atomic E-state index is 0.0238. The van der Waals surface area contributed by atoms with Gasteiger partial charge in [0.05, 0.1) is 16.4 Å². The molecule has 2 aromatic carbocycles. The average molecular weight is 498 g/mol. The quantitative estimate of drug-likeness (QED) is 0.192. The van der Waals surface area contributed by atoms with Crippen molar-refractivity contribution in [3.05, 3.63) is 75.0 Å². The average Bonchev–Trinajstić information content (AvgIpc) is 3.47. The number of amides is 1. The van der Waals surface area contributed by atoms with Gasteiger partial charge in [-0.05, 0) is 25.5 Å². The third-order valence-corrected chi connectivity index (χ3v) is 6.25. The van der Waals surface area contributed by atoms with Crippen LogP contribution in [0.5, 0.6) is 5.75 Å². The first-order chi connectivity index (χ1) is 16.4. The van der Waals surface area contributed by atoms with E-state index in [2.05, 4.69) is 20.5 Å². The number of anilines is 1. The van der Waals surface area contributed by atoms with E-state index in [4.69, 9.17) is 9.15 Å². The van der Waals surface area contributed by atoms with Crippen LogP contribution >= 0.6 is 23.1 Å². The number of nitro benzene ring substituents is 1. The summed E-state index contributed by atoms with van der Waals surface area (Å²) in [7, 11) is 0. The lowest BCUT2D eigenvalue weighted by Gasteiger charge is -2.05. The first-order valence-corrected chi connectivity index (χ1v) is 11.9. The number of ether oxygens (including phenoxy) is 1. The van der Waals surface area contributed by atoms with E-state index in [-0.39, 0.29) is 29.2 Å². The minimum Gasteiger partial charge on any atom is -0.484 e. The highest BCUT2D eigenvalue weighted by Gasteiger charge is 2.15. The van der Waals surface area contributed by atoms with E-state index >= 15 is 0 Å². The summed E-state index contributed by atoms with van der Waals surface area (Å²) in [5.41, 5.74) is 2.75. The van der Waals surface area contributed by atoms with Gasteiger partial charge in [0, 0.05) is 22.6 Å². The van der Waals surface area contributed by atoms with Crippen molar-refractivity contribution >= 4 is 39.8 Å². The van der Waals surface area contributed by atoms with Crippen molar-refractivity contribution in [3.63, 3.8) is 0 Å². The Hall–Kier alpha value is -3.77. The van der Waals surface area contributed by atoms with Crippen molar-refractivity contribution in [1.82, 2.24) is 15.2 Å². The fourth-order valence-corrected chi connectivity index (χ4v) is 4.24. The molecule has 1 N–H and O–H groups in total. The van der Waals surface area contributed by atoms with Gasteiger partial charge >= 0.3 is 0 Å². The second-order valence-electron chi connectivity index (χ2n) is 7.15. The molecule has 0 fully saturated rings. The van der Waals surface area contributed by atoms with Gasteiger partial charge in [-0.3, -0.25) is 14.9 Å². The molecule has 0 aliphatic heterocycles. The lowest BCUT2D eigenvalue weighted by Crippen LogP contribution is -2.13. The molecule has 0 radical (unpaired) electrons. The first kappa shape index (κ1) is 23.4. The molecule has 0 unspecified atom stereocenters. The molecule has 0 bridgehead atoms. The number of nitrogens with one attached hydrogen (secondary N) is 1. The van der Waals surface area contributed by atoms with E-state index in [1.165, 1.54) is 17.4 Å². The molecule has 34 heavy (non-hydrogen) atoms. The smallest absolute Gasteiger partial charge is 0.277 e. The van der Waals surface area contributed by atoms with E-state index < -0.39 is 4.92 Å². The van der Waals surface area contributed by atoms with Gasteiger partial charge in [-0.2, -0.15) is 0 Å². The van der Waals surface area contributed by atoms with Crippen LogP contribution in [-0.4, -0.2) is 31.8 Å². The fourth-order valence-electron chi connectivity index (χ4n) is 2.92. The topological polar surface area (TPSA) is 133 Å². The van der Waals surface area contributed by atoms with Gasteiger partial charge in [0.15, 0.2) is 11.7 Å². The predicted molar refractivity (Wildman–Crippen MR) is 128 cm³/mol. The third-order valence-electron chi connectivity index (χ3n) is 4.67. The highest BCUT2D eigenvalue weighted by atomic mass is 32.2. The Morgan fingerprint density at radius 3 is 2.82 bits per heavy atom. The van der Waals surface area contributed by atoms with Gasteiger partial charge in [-0.15, -0.1) is 21.5 Å². The Kier molecular flexibility index (Phi) is 7.18. The maximum atomic E-state index is 12.3. The van der Waals surface area contributed by atoms with Crippen LogP contribution in [0.1, 0.15) is 17.0 Å². The molecule has 4 rings (SSSR count). The van der Waals surface area contributed by atoms with Crippen LogP contribution in [0.3, 0.4) is 0 Å². The zero-order valence-corrected chi connectivity index (χ0v) is 19.8. The van der Waals surface area contributed by atoms with Crippen LogP contribution < -0.4 is 10.1 Å². The molecular formula is C22H19N5O5S2. The summed E-state index contributed by atoms with van der Waals surface area (Å²) in [6, 6.07) is 12.5. The molecule has 0 atom stereocenters. The zero-order valence-electron chi connectivity index (χ0n) is 18.2. The monoisotopic (exact) mass is 497 g/mol. The van der Waals surface area contributed by atoms with Gasteiger partial charge < -0.3 is 14.5 Å². The summed E-state index contributed by atoms with van der Waals surface area (Å²) in [4.78, 5) is 27.4. The third kappa shape index (κ3) is 5.77. The second-order valence-corrected chi connectivity index (χ2v) is 8.93. The van der Waals surface area contributed by atoms with Gasteiger partial charge in [0.25, 0.3) is 16.8 Å². The second kappa shape index (κ2) is 10.4. The van der Waals surface area contributed by atoms with Crippen molar-refractivity contribution in [3.8, 4) is 17.0 Å². The number of para-hydroxylation sites is 1. The number of rotatable bonds is 9. The molecule has 0 saturated carbocycles. The van der Waals surface area contributed by atoms with Gasteiger partial charge in [0.1, 0.15) is 5.75 Å². The van der Waals surface area contributed by atoms with Crippen LogP contribution in [-0.2, 0) is 11.4 Å². The number of benzene rings is 2. The Morgan fingerprint density at radius 1 is 1.21 bits per heavy atom. The Bertz CT molecular complexity index is 1340. The Labute approximate surface area is 202 Å². The number of nitrogens with zero attached hydrogens (tertiary/aromatic N) is 4. The molecule has 1 amide bonds. The highest BCUT2D eigenvalue weighted by Crippen LogP contribution is 2.29. The maximum absolute atomic E-state index is 12.3. The van der Waals surface area contributed by atoms with E-state index in [1.807, 2.05) is 31.2 Å². The number of thiazole rings is 1. The van der Waals surface area contributed by atoms with Crippen LogP contribution in [0, 0.1) is 24.0 Å². The zero-order chi connectivity index (χ0) is 24.1. The van der Waals surface area contributed by atoms with Gasteiger partial charge in [0.2, 0.25) is 5.91 Å². The first-order valence-electron chi connectivity index (χ1n) is 10.0. The normalized spacial score (nSPS) is 10.8. The summed E-state index contributed by atoms with van der Waals surface area (Å²) in [6.07, 6.45) is 0. The lowest BCUT2D eigenvalue weighted by molar-refractivity contribution is -0.385. The lowest BCUT2D eigenvalue weighted by atomic mass is 10.1. The van der Waals surface area contributed by atoms with Crippen LogP contribution in [0.25, 0.3) is 11.3 Å². The largest absolute Gasteiger partial charge is 0.484 e. The number of hydrogen-bond donors (Lipinski definition) is 1. The van der Waals surface area contributed by atoms with Crippen molar-refractivity contribution < 1.29 is 18.9 Å². The SMILES string of the molecule is Cc1ccccc1OCc1nnc(SCC(=O)Nc2nc(-c3ccc(C)c([N+](=O)[O-])c3)cs2)o1. The number of carbonyl (C=O) groups is 1. The highest BCUT2D eigenvalue weighted by molar-refractivity contribution is 7.99. The Morgan fingerprint density at radius 2 is 2.03 bits per heavy atom. The summed E-state index contributed by atoms with van der Waals surface area (Å²) in [5.74, 6) is 0.794. The summed E-state index contributed by atoms with van der Waals surface area (Å²) < 4.78 is 11.2. The molecule has 0 aliphatic carbocycles. The molecule has 10 nitrogen and oxygen atoms in total. The molecule has 0 saturated heterocycles. The number of hydrogen-bond acceptors (Lipinski definition) is 10. The van der Waals surface area contributed by atoms with Crippen molar-refractivity contribution in [2.45, 2.75) is 25.7 Å². The van der Waals surface area contributed by atoms with Crippen molar-refractivity contribution in [1.29, 1.82) is 0 Å². The molecule has 12 heteroatoms. The molecular weight excluding hydrogens is 478 g/mol. The van der Waals surface area contributed by atoms with Crippen molar-refractivity contribution in [2.75, 3.05) is 11.1 Å². The number of nitro groups is 1. The minimum atomic E-state index is -0.428. The number of aromatic nitrogens is 3.